The molecule has 2 nitrogen and oxygen atoms in total. The van der Waals surface area contributed by atoms with Crippen LogP contribution >= 0.6 is 0 Å². The molecule has 0 spiro atoms. The van der Waals surface area contributed by atoms with Crippen molar-refractivity contribution in [1.29, 1.82) is 0 Å². The van der Waals surface area contributed by atoms with Crippen molar-refractivity contribution in [3.8, 4) is 5.75 Å². The average molecular weight is 191 g/mol. The third kappa shape index (κ3) is 2.07. The highest BCUT2D eigenvalue weighted by Crippen LogP contribution is 2.25. The summed E-state index contributed by atoms with van der Waals surface area (Å²) in [6.07, 6.45) is 3.71. The molecule has 14 heavy (non-hydrogen) atoms. The molecule has 0 saturated heterocycles. The fourth-order valence-electron chi connectivity index (χ4n) is 1.87. The minimum Gasteiger partial charge on any atom is -0.492 e. The van der Waals surface area contributed by atoms with Crippen LogP contribution in [0.1, 0.15) is 24.5 Å². The Labute approximate surface area is 85.1 Å². The molecule has 0 fully saturated rings. The second-order valence-corrected chi connectivity index (χ2v) is 4.07. The normalized spacial score (nSPS) is 16.4. The Morgan fingerprint density at radius 2 is 2.14 bits per heavy atom. The number of rotatable bonds is 3. The van der Waals surface area contributed by atoms with E-state index in [1.54, 1.807) is 0 Å². The molecule has 1 aliphatic carbocycles. The highest BCUT2D eigenvalue weighted by atomic mass is 16.5. The second-order valence-electron chi connectivity index (χ2n) is 4.07. The van der Waals surface area contributed by atoms with Gasteiger partial charge >= 0.3 is 0 Å². The van der Waals surface area contributed by atoms with Gasteiger partial charge in [0.1, 0.15) is 12.4 Å². The molecule has 1 aromatic rings. The highest BCUT2D eigenvalue weighted by molar-refractivity contribution is 5.38. The van der Waals surface area contributed by atoms with Crippen LogP contribution in [-0.2, 0) is 12.8 Å². The van der Waals surface area contributed by atoms with Gasteiger partial charge in [0.25, 0.3) is 0 Å². The quantitative estimate of drug-likeness (QED) is 0.792. The predicted octanol–water partition coefficient (Wildman–Crippen LogP) is 1.90. The summed E-state index contributed by atoms with van der Waals surface area (Å²) < 4.78 is 5.57. The Balaban J connectivity index is 2.05. The van der Waals surface area contributed by atoms with Crippen molar-refractivity contribution in [2.45, 2.75) is 32.2 Å². The van der Waals surface area contributed by atoms with E-state index in [4.69, 9.17) is 10.5 Å². The van der Waals surface area contributed by atoms with Crippen molar-refractivity contribution in [3.63, 3.8) is 0 Å². The van der Waals surface area contributed by atoms with Crippen LogP contribution in [0.5, 0.6) is 5.75 Å². The molecule has 0 aliphatic heterocycles. The molecule has 1 aromatic carbocycles. The van der Waals surface area contributed by atoms with Gasteiger partial charge < -0.3 is 10.5 Å². The van der Waals surface area contributed by atoms with Crippen LogP contribution in [-0.4, -0.2) is 12.6 Å². The van der Waals surface area contributed by atoms with E-state index in [1.165, 1.54) is 30.4 Å². The third-order valence-electron chi connectivity index (χ3n) is 2.58. The SMILES string of the molecule is C[C@H](N)COc1ccc2c(c1)CCC2. The number of aryl methyl sites for hydroxylation is 2. The molecular weight excluding hydrogens is 174 g/mol. The molecule has 76 valence electrons. The molecule has 0 aromatic heterocycles. The summed E-state index contributed by atoms with van der Waals surface area (Å²) in [6, 6.07) is 6.49. The van der Waals surface area contributed by atoms with E-state index in [0.717, 1.165) is 5.75 Å². The molecule has 2 rings (SSSR count). The largest absolute Gasteiger partial charge is 0.492 e. The van der Waals surface area contributed by atoms with Crippen molar-refractivity contribution in [2.24, 2.45) is 5.73 Å². The van der Waals surface area contributed by atoms with E-state index in [9.17, 15) is 0 Å². The standard InChI is InChI=1S/C12H17NO/c1-9(13)8-14-12-6-5-10-3-2-4-11(10)7-12/h5-7,9H,2-4,8,13H2,1H3/t9-/m0/s1. The average Bonchev–Trinajstić information content (AvgIpc) is 2.61. The van der Waals surface area contributed by atoms with Crippen molar-refractivity contribution in [1.82, 2.24) is 0 Å². The van der Waals surface area contributed by atoms with Gasteiger partial charge in [-0.25, -0.2) is 0 Å². The maximum atomic E-state index is 5.63. The maximum Gasteiger partial charge on any atom is 0.119 e. The molecule has 0 amide bonds. The van der Waals surface area contributed by atoms with Crippen LogP contribution < -0.4 is 10.5 Å². The molecule has 0 saturated carbocycles. The lowest BCUT2D eigenvalue weighted by atomic mass is 10.1. The van der Waals surface area contributed by atoms with Crippen molar-refractivity contribution in [2.75, 3.05) is 6.61 Å². The van der Waals surface area contributed by atoms with Crippen LogP contribution in [0.4, 0.5) is 0 Å². The first-order chi connectivity index (χ1) is 6.75. The molecule has 2 heteroatoms. The molecule has 0 radical (unpaired) electrons. The lowest BCUT2D eigenvalue weighted by molar-refractivity contribution is 0.296. The number of hydrogen-bond donors (Lipinski definition) is 1. The van der Waals surface area contributed by atoms with Crippen LogP contribution in [0, 0.1) is 0 Å². The number of fused-ring (bicyclic) bond motifs is 1. The first-order valence-corrected chi connectivity index (χ1v) is 5.26. The number of hydrogen-bond acceptors (Lipinski definition) is 2. The Morgan fingerprint density at radius 1 is 1.36 bits per heavy atom. The van der Waals surface area contributed by atoms with Gasteiger partial charge in [0.15, 0.2) is 0 Å². The number of ether oxygens (including phenoxy) is 1. The highest BCUT2D eigenvalue weighted by Gasteiger charge is 2.11. The summed E-state index contributed by atoms with van der Waals surface area (Å²) in [7, 11) is 0. The van der Waals surface area contributed by atoms with Crippen molar-refractivity contribution >= 4 is 0 Å². The first-order valence-electron chi connectivity index (χ1n) is 5.26. The second kappa shape index (κ2) is 4.01. The van der Waals surface area contributed by atoms with E-state index < -0.39 is 0 Å². The van der Waals surface area contributed by atoms with E-state index in [1.807, 2.05) is 13.0 Å². The van der Waals surface area contributed by atoms with E-state index in [2.05, 4.69) is 12.1 Å². The summed E-state index contributed by atoms with van der Waals surface area (Å²) in [5.74, 6) is 0.961. The van der Waals surface area contributed by atoms with Gasteiger partial charge in [0, 0.05) is 6.04 Å². The Bertz CT molecular complexity index is 320. The van der Waals surface area contributed by atoms with Crippen molar-refractivity contribution < 1.29 is 4.74 Å². The van der Waals surface area contributed by atoms with Crippen LogP contribution in [0.2, 0.25) is 0 Å². The Kier molecular flexibility index (Phi) is 2.73. The van der Waals surface area contributed by atoms with Gasteiger partial charge in [-0.1, -0.05) is 6.07 Å². The minimum atomic E-state index is 0.100. The Hall–Kier alpha value is -1.02. The van der Waals surface area contributed by atoms with Crippen LogP contribution in [0.3, 0.4) is 0 Å². The molecule has 0 unspecified atom stereocenters. The van der Waals surface area contributed by atoms with Gasteiger partial charge in [0.05, 0.1) is 0 Å². The molecule has 0 bridgehead atoms. The molecule has 2 N–H and O–H groups in total. The van der Waals surface area contributed by atoms with Crippen LogP contribution in [0.25, 0.3) is 0 Å². The van der Waals surface area contributed by atoms with Gasteiger partial charge in [-0.3, -0.25) is 0 Å². The fourth-order valence-corrected chi connectivity index (χ4v) is 1.87. The third-order valence-corrected chi connectivity index (χ3v) is 2.58. The summed E-state index contributed by atoms with van der Waals surface area (Å²) in [6.45, 7) is 2.55. The lowest BCUT2D eigenvalue weighted by Gasteiger charge is -2.09. The summed E-state index contributed by atoms with van der Waals surface area (Å²) >= 11 is 0. The van der Waals surface area contributed by atoms with E-state index in [0.29, 0.717) is 6.61 Å². The van der Waals surface area contributed by atoms with Gasteiger partial charge in [0.2, 0.25) is 0 Å². The van der Waals surface area contributed by atoms with Crippen LogP contribution in [0.15, 0.2) is 18.2 Å². The number of nitrogens with two attached hydrogens (primary N) is 1. The summed E-state index contributed by atoms with van der Waals surface area (Å²) in [5, 5.41) is 0. The van der Waals surface area contributed by atoms with E-state index in [-0.39, 0.29) is 6.04 Å². The first kappa shape index (κ1) is 9.53. The zero-order valence-electron chi connectivity index (χ0n) is 8.62. The predicted molar refractivity (Wildman–Crippen MR) is 57.6 cm³/mol. The Morgan fingerprint density at radius 3 is 2.93 bits per heavy atom. The number of benzene rings is 1. The molecule has 0 heterocycles. The van der Waals surface area contributed by atoms with Crippen molar-refractivity contribution in [3.05, 3.63) is 29.3 Å². The fraction of sp³-hybridized carbons (Fsp3) is 0.500. The minimum absolute atomic E-state index is 0.100. The maximum absolute atomic E-state index is 5.63. The van der Waals surface area contributed by atoms with Gasteiger partial charge in [-0.2, -0.15) is 0 Å². The zero-order valence-corrected chi connectivity index (χ0v) is 8.62. The molecule has 1 aliphatic rings. The van der Waals surface area contributed by atoms with Gasteiger partial charge in [-0.05, 0) is 49.4 Å². The monoisotopic (exact) mass is 191 g/mol. The smallest absolute Gasteiger partial charge is 0.119 e. The van der Waals surface area contributed by atoms with E-state index >= 15 is 0 Å². The lowest BCUT2D eigenvalue weighted by Crippen LogP contribution is -2.23. The van der Waals surface area contributed by atoms with Gasteiger partial charge in [-0.15, -0.1) is 0 Å². The summed E-state index contributed by atoms with van der Waals surface area (Å²) in [4.78, 5) is 0. The molecule has 1 atom stereocenters. The zero-order chi connectivity index (χ0) is 9.97. The summed E-state index contributed by atoms with van der Waals surface area (Å²) in [5.41, 5.74) is 8.56. The topological polar surface area (TPSA) is 35.2 Å². The molecular formula is C12H17NO.